The molecule has 2 unspecified atom stereocenters. The number of rotatable bonds is 28. The number of halogens is 1. The Morgan fingerprint density at radius 1 is 0.849 bits per heavy atom. The highest BCUT2D eigenvalue weighted by Crippen LogP contribution is 2.48. The predicted molar refractivity (Wildman–Crippen MR) is 319 cm³/mol. The van der Waals surface area contributed by atoms with Crippen molar-refractivity contribution in [2.75, 3.05) is 67.4 Å². The number of aliphatic hydroxyl groups excluding tert-OH is 1. The van der Waals surface area contributed by atoms with Crippen molar-refractivity contribution in [3.63, 3.8) is 0 Å². The van der Waals surface area contributed by atoms with Crippen LogP contribution in [0.25, 0.3) is 10.8 Å². The fourth-order valence-electron chi connectivity index (χ4n) is 11.9. The monoisotopic (exact) mass is 1220 g/mol. The smallest absolute Gasteiger partial charge is 0.493 e. The summed E-state index contributed by atoms with van der Waals surface area (Å²) in [6.45, 7) is 1.59. The van der Waals surface area contributed by atoms with E-state index in [0.717, 1.165) is 15.8 Å². The van der Waals surface area contributed by atoms with Gasteiger partial charge < -0.3 is 50.8 Å². The average molecular weight is 1220 g/mol. The molecular formula is C61H73ClN8O15P+. The van der Waals surface area contributed by atoms with Crippen LogP contribution in [0.3, 0.4) is 0 Å². The summed E-state index contributed by atoms with van der Waals surface area (Å²) in [6.07, 6.45) is 7.41. The van der Waals surface area contributed by atoms with Crippen LogP contribution < -0.4 is 45.5 Å². The van der Waals surface area contributed by atoms with Crippen LogP contribution in [0.2, 0.25) is 0 Å². The summed E-state index contributed by atoms with van der Waals surface area (Å²) < 4.78 is 34.8. The zero-order chi connectivity index (χ0) is 61.1. The van der Waals surface area contributed by atoms with Gasteiger partial charge in [0, 0.05) is 84.3 Å². The minimum Gasteiger partial charge on any atom is -0.493 e. The first-order valence-electron chi connectivity index (χ1n) is 29.4. The van der Waals surface area contributed by atoms with Gasteiger partial charge in [-0.1, -0.05) is 42.8 Å². The molecule has 7 N–H and O–H groups in total. The minimum absolute atomic E-state index is 0.0597. The molecule has 458 valence electrons. The Balaban J connectivity index is 0.791. The SMILES string of the molecule is COc1cc2c(cc1OCCCCCC(=O)N1C[C@@H](CCl)c3c1cc(O[P+](=O)O)c1ccccc31)N(C(=O)OCc1ccc(NC(=O)[C@H](CCCCN)NC(=O)C3(C(=O)NCCCCCN4C(=O)C=CC4=O)CCC3)cc1)C(O)[C@@H]1CCCN1C2=O. The summed E-state index contributed by atoms with van der Waals surface area (Å²) in [4.78, 5) is 122. The highest BCUT2D eigenvalue weighted by atomic mass is 35.5. The van der Waals surface area contributed by atoms with Gasteiger partial charge in [-0.3, -0.25) is 38.5 Å². The molecule has 1 saturated heterocycles. The maximum absolute atomic E-state index is 14.3. The molecule has 5 atom stereocenters. The van der Waals surface area contributed by atoms with E-state index in [1.54, 1.807) is 52.3 Å². The van der Waals surface area contributed by atoms with Crippen LogP contribution in [0.4, 0.5) is 21.9 Å². The number of carbonyl (C=O) groups is 8. The molecule has 1 aliphatic carbocycles. The maximum Gasteiger partial charge on any atom is 0.747 e. The molecule has 23 nitrogen and oxygen atoms in total. The third kappa shape index (κ3) is 13.9. The number of hydrogen-bond donors (Lipinski definition) is 6. The number of alkyl halides is 1. The van der Waals surface area contributed by atoms with E-state index in [9.17, 15) is 52.9 Å². The van der Waals surface area contributed by atoms with Gasteiger partial charge in [0.25, 0.3) is 17.7 Å². The first kappa shape index (κ1) is 62.8. The van der Waals surface area contributed by atoms with Gasteiger partial charge in [0.15, 0.2) is 23.5 Å². The lowest BCUT2D eigenvalue weighted by Crippen LogP contribution is -2.58. The van der Waals surface area contributed by atoms with E-state index in [1.165, 1.54) is 36.3 Å². The van der Waals surface area contributed by atoms with E-state index in [1.807, 2.05) is 12.1 Å². The number of benzene rings is 4. The number of anilines is 3. The van der Waals surface area contributed by atoms with Crippen LogP contribution in [0, 0.1) is 5.41 Å². The summed E-state index contributed by atoms with van der Waals surface area (Å²) in [5.41, 5.74) is 6.98. The molecule has 25 heteroatoms. The first-order chi connectivity index (χ1) is 41.6. The molecule has 0 aromatic heterocycles. The van der Waals surface area contributed by atoms with E-state index in [-0.39, 0.29) is 90.6 Å². The molecule has 8 amide bonds. The number of amides is 8. The van der Waals surface area contributed by atoms with Gasteiger partial charge in [-0.2, -0.15) is 0 Å². The highest BCUT2D eigenvalue weighted by molar-refractivity contribution is 7.32. The lowest BCUT2D eigenvalue weighted by atomic mass is 9.67. The lowest BCUT2D eigenvalue weighted by molar-refractivity contribution is -0.151. The number of unbranched alkanes of at least 4 members (excludes halogenated alkanes) is 5. The minimum atomic E-state index is -2.96. The van der Waals surface area contributed by atoms with Crippen LogP contribution >= 0.6 is 19.9 Å². The van der Waals surface area contributed by atoms with Crippen molar-refractivity contribution in [2.45, 2.75) is 127 Å². The Hall–Kier alpha value is -7.69. The number of nitrogens with one attached hydrogen (secondary N) is 3. The van der Waals surface area contributed by atoms with Crippen LogP contribution in [0.5, 0.6) is 17.2 Å². The highest BCUT2D eigenvalue weighted by Gasteiger charge is 2.51. The van der Waals surface area contributed by atoms with Crippen LogP contribution in [0.15, 0.2) is 78.9 Å². The molecule has 1 saturated carbocycles. The Morgan fingerprint density at radius 3 is 2.28 bits per heavy atom. The van der Waals surface area contributed by atoms with Crippen molar-refractivity contribution >= 4 is 95.1 Å². The van der Waals surface area contributed by atoms with Gasteiger partial charge in [-0.05, 0) is 125 Å². The average Bonchev–Trinajstić information content (AvgIpc) is 1.62. The number of ether oxygens (including phenoxy) is 3. The molecule has 0 bridgehead atoms. The lowest BCUT2D eigenvalue weighted by Gasteiger charge is -2.39. The second-order valence-electron chi connectivity index (χ2n) is 22.2. The van der Waals surface area contributed by atoms with Crippen molar-refractivity contribution in [1.29, 1.82) is 0 Å². The summed E-state index contributed by atoms with van der Waals surface area (Å²) in [6, 6.07) is 16.7. The number of imide groups is 1. The molecule has 0 spiro atoms. The molecule has 5 aliphatic rings. The van der Waals surface area contributed by atoms with Crippen molar-refractivity contribution in [3.8, 4) is 17.2 Å². The Morgan fingerprint density at radius 2 is 1.58 bits per heavy atom. The van der Waals surface area contributed by atoms with E-state index >= 15 is 0 Å². The standard InChI is InChI=1S/C61H72ClN8O15P/c1-82-49-32-43-46(33-50(49)83-31-11-2-4-18-51(71)69-36-39(35-62)54-42-15-6-5-14-41(42)48(34-47(54)69)85-86(80)81)70(57(76)45-17-12-30-67(45)56(43)75)60(79)84-37-38-19-21-40(22-20-38)65-55(74)44(16-7-8-27-63)66-59(78)61(25-13-26-61)58(77)64-28-9-3-10-29-68-52(72)23-24-53(68)73/h5-6,14-15,19-24,32-34,39,44-45,57,76H,2-4,7-13,16-18,25-31,35-37,63H2,1H3,(H3-,64,65,66,74,77,78,80,81)/p+1/t39-,44+,45+,57?/m1/s1. The zero-order valence-corrected chi connectivity index (χ0v) is 49.6. The van der Waals surface area contributed by atoms with Gasteiger partial charge in [-0.15, -0.1) is 16.5 Å². The fourth-order valence-corrected chi connectivity index (χ4v) is 12.5. The molecule has 2 fully saturated rings. The summed E-state index contributed by atoms with van der Waals surface area (Å²) >= 11 is 6.42. The Labute approximate surface area is 503 Å². The summed E-state index contributed by atoms with van der Waals surface area (Å²) in [7, 11) is -1.53. The molecule has 9 rings (SSSR count). The normalized spacial score (nSPS) is 18.8. The number of fused-ring (bicyclic) bond motifs is 5. The van der Waals surface area contributed by atoms with Gasteiger partial charge >= 0.3 is 14.3 Å². The quantitative estimate of drug-likeness (QED) is 0.0108. The largest absolute Gasteiger partial charge is 0.747 e. The molecular weight excluding hydrogens is 1150 g/mol. The van der Waals surface area contributed by atoms with Crippen LogP contribution in [-0.2, 0) is 44.7 Å². The van der Waals surface area contributed by atoms with Gasteiger partial charge in [0.1, 0.15) is 18.1 Å². The van der Waals surface area contributed by atoms with Crippen molar-refractivity contribution in [3.05, 3.63) is 95.6 Å². The molecule has 4 aliphatic heterocycles. The van der Waals surface area contributed by atoms with E-state index in [2.05, 4.69) is 16.0 Å². The van der Waals surface area contributed by atoms with E-state index < -0.39 is 61.7 Å². The van der Waals surface area contributed by atoms with Crippen LogP contribution in [0.1, 0.15) is 124 Å². The van der Waals surface area contributed by atoms with Crippen molar-refractivity contribution in [2.24, 2.45) is 11.1 Å². The zero-order valence-electron chi connectivity index (χ0n) is 48.0. The topological polar surface area (TPSA) is 306 Å². The second kappa shape index (κ2) is 28.7. The third-order valence-corrected chi connectivity index (χ3v) is 17.4. The number of aliphatic hydroxyl groups is 1. The van der Waals surface area contributed by atoms with Crippen molar-refractivity contribution < 1.29 is 71.7 Å². The van der Waals surface area contributed by atoms with E-state index in [0.29, 0.717) is 132 Å². The Bertz CT molecular complexity index is 3250. The second-order valence-corrected chi connectivity index (χ2v) is 23.1. The number of carbonyl (C=O) groups excluding carboxylic acids is 8. The van der Waals surface area contributed by atoms with Gasteiger partial charge in [0.2, 0.25) is 23.6 Å². The molecule has 0 radical (unpaired) electrons. The van der Waals surface area contributed by atoms with Gasteiger partial charge in [-0.25, -0.2) is 14.2 Å². The molecule has 86 heavy (non-hydrogen) atoms. The maximum atomic E-state index is 14.3. The molecule has 4 heterocycles. The summed E-state index contributed by atoms with van der Waals surface area (Å²) in [5, 5.41) is 21.9. The number of methoxy groups -OCH3 is 1. The Kier molecular flexibility index (Phi) is 20.9. The number of hydrogen-bond acceptors (Lipinski definition) is 15. The van der Waals surface area contributed by atoms with E-state index in [4.69, 9.17) is 36.1 Å². The first-order valence-corrected chi connectivity index (χ1v) is 31.0. The predicted octanol–water partition coefficient (Wildman–Crippen LogP) is 7.20. The number of nitrogens with zero attached hydrogens (tertiary/aromatic N) is 4. The molecule has 4 aromatic rings. The summed E-state index contributed by atoms with van der Waals surface area (Å²) in [5.74, 6) is -1.95. The third-order valence-electron chi connectivity index (χ3n) is 16.7. The molecule has 4 aromatic carbocycles. The van der Waals surface area contributed by atoms with Gasteiger partial charge in [0.05, 0.1) is 36.7 Å². The van der Waals surface area contributed by atoms with Crippen molar-refractivity contribution in [1.82, 2.24) is 20.4 Å². The van der Waals surface area contributed by atoms with Crippen LogP contribution in [-0.4, -0.2) is 138 Å². The fraction of sp³-hybridized carbons (Fsp3) is 0.475. The number of nitrogens with two attached hydrogens (primary N) is 1.